The summed E-state index contributed by atoms with van der Waals surface area (Å²) in [6.45, 7) is 0. The third kappa shape index (κ3) is 2.43. The van der Waals surface area contributed by atoms with Crippen molar-refractivity contribution in [3.05, 3.63) is 29.0 Å². The fourth-order valence-corrected chi connectivity index (χ4v) is 1.68. The van der Waals surface area contributed by atoms with Gasteiger partial charge in [0.1, 0.15) is 5.02 Å². The highest BCUT2D eigenvalue weighted by Crippen LogP contribution is 2.35. The molecule has 0 spiro atoms. The fraction of sp³-hybridized carbons (Fsp3) is 0.200. The molecule has 0 amide bonds. The van der Waals surface area contributed by atoms with E-state index in [-0.39, 0.29) is 16.7 Å². The number of alkyl halides is 3. The Labute approximate surface area is 110 Å². The topological polar surface area (TPSA) is 66.0 Å². The molecule has 0 aliphatic carbocycles. The highest BCUT2D eigenvalue weighted by molar-refractivity contribution is 6.31. The third-order valence-corrected chi connectivity index (χ3v) is 2.56. The summed E-state index contributed by atoms with van der Waals surface area (Å²) in [6, 6.07) is 2.65. The van der Waals surface area contributed by atoms with Crippen LogP contribution >= 0.6 is 11.6 Å². The first-order valence-corrected chi connectivity index (χ1v) is 5.34. The molecule has 2 aromatic rings. The standard InChI is InChI=1S/C10H8ClF3N4O/c1-19-9-5(11)2-3-7(17-9)18-8(10(12,13)14)6(15)4-16-18/h2-4H,15H2,1H3. The number of nitrogen functional groups attached to an aromatic ring is 1. The van der Waals surface area contributed by atoms with Crippen LogP contribution in [0.25, 0.3) is 5.82 Å². The molecule has 0 fully saturated rings. The van der Waals surface area contributed by atoms with Crippen molar-refractivity contribution in [3.63, 3.8) is 0 Å². The second-order valence-corrected chi connectivity index (χ2v) is 3.93. The highest BCUT2D eigenvalue weighted by atomic mass is 35.5. The Bertz CT molecular complexity index is 611. The van der Waals surface area contributed by atoms with Crippen LogP contribution in [0.2, 0.25) is 5.02 Å². The van der Waals surface area contributed by atoms with E-state index in [1.165, 1.54) is 19.2 Å². The van der Waals surface area contributed by atoms with Crippen molar-refractivity contribution in [2.24, 2.45) is 0 Å². The molecule has 0 saturated carbocycles. The molecule has 19 heavy (non-hydrogen) atoms. The van der Waals surface area contributed by atoms with Crippen molar-refractivity contribution >= 4 is 17.3 Å². The molecule has 9 heteroatoms. The molecule has 0 aromatic carbocycles. The average Bonchev–Trinajstić information content (AvgIpc) is 2.71. The van der Waals surface area contributed by atoms with Crippen molar-refractivity contribution in [2.45, 2.75) is 6.18 Å². The van der Waals surface area contributed by atoms with Crippen LogP contribution in [0.4, 0.5) is 18.9 Å². The van der Waals surface area contributed by atoms with Gasteiger partial charge < -0.3 is 10.5 Å². The molecule has 2 N–H and O–H groups in total. The molecule has 0 aliphatic heterocycles. The molecule has 0 radical (unpaired) electrons. The van der Waals surface area contributed by atoms with Crippen LogP contribution in [-0.2, 0) is 6.18 Å². The number of anilines is 1. The SMILES string of the molecule is COc1nc(-n2ncc(N)c2C(F)(F)F)ccc1Cl. The van der Waals surface area contributed by atoms with Crippen LogP contribution in [0.3, 0.4) is 0 Å². The van der Waals surface area contributed by atoms with Gasteiger partial charge in [-0.1, -0.05) is 11.6 Å². The smallest absolute Gasteiger partial charge is 0.435 e. The largest absolute Gasteiger partial charge is 0.480 e. The number of hydrogen-bond donors (Lipinski definition) is 1. The Hall–Kier alpha value is -1.96. The molecular weight excluding hydrogens is 285 g/mol. The zero-order valence-corrected chi connectivity index (χ0v) is 10.3. The zero-order chi connectivity index (χ0) is 14.2. The Balaban J connectivity index is 2.60. The molecule has 0 saturated heterocycles. The van der Waals surface area contributed by atoms with Crippen LogP contribution in [-0.4, -0.2) is 21.9 Å². The van der Waals surface area contributed by atoms with E-state index in [1.54, 1.807) is 0 Å². The number of halogens is 4. The lowest BCUT2D eigenvalue weighted by Gasteiger charge is -2.11. The Kier molecular flexibility index (Phi) is 3.27. The maximum Gasteiger partial charge on any atom is 0.435 e. The zero-order valence-electron chi connectivity index (χ0n) is 9.57. The normalized spacial score (nSPS) is 11.6. The first-order chi connectivity index (χ1) is 8.84. The van der Waals surface area contributed by atoms with Gasteiger partial charge in [0, 0.05) is 0 Å². The quantitative estimate of drug-likeness (QED) is 0.923. The average molecular weight is 293 g/mol. The second kappa shape index (κ2) is 4.61. The molecule has 2 rings (SSSR count). The Morgan fingerprint density at radius 2 is 2.05 bits per heavy atom. The van der Waals surface area contributed by atoms with E-state index in [1.807, 2.05) is 0 Å². The third-order valence-electron chi connectivity index (χ3n) is 2.28. The lowest BCUT2D eigenvalue weighted by molar-refractivity contribution is -0.142. The number of methoxy groups -OCH3 is 1. The van der Waals surface area contributed by atoms with Gasteiger partial charge in [0.2, 0.25) is 5.88 Å². The Morgan fingerprint density at radius 3 is 2.63 bits per heavy atom. The van der Waals surface area contributed by atoms with Crippen LogP contribution in [0.1, 0.15) is 5.69 Å². The van der Waals surface area contributed by atoms with Crippen LogP contribution in [0.5, 0.6) is 5.88 Å². The summed E-state index contributed by atoms with van der Waals surface area (Å²) < 4.78 is 44.0. The summed E-state index contributed by atoms with van der Waals surface area (Å²) in [5.74, 6) is -0.0911. The van der Waals surface area contributed by atoms with Gasteiger partial charge in [-0.05, 0) is 12.1 Å². The van der Waals surface area contributed by atoms with Crippen LogP contribution in [0.15, 0.2) is 18.3 Å². The number of pyridine rings is 1. The molecule has 2 heterocycles. The lowest BCUT2D eigenvalue weighted by atomic mass is 10.3. The predicted octanol–water partition coefficient (Wildman–Crippen LogP) is 2.53. The number of nitrogens with two attached hydrogens (primary N) is 1. The summed E-state index contributed by atoms with van der Waals surface area (Å²) in [5, 5.41) is 3.75. The molecule has 0 aliphatic rings. The van der Waals surface area contributed by atoms with E-state index in [0.717, 1.165) is 6.20 Å². The molecule has 0 bridgehead atoms. The molecule has 0 unspecified atom stereocenters. The van der Waals surface area contributed by atoms with Gasteiger partial charge in [-0.15, -0.1) is 0 Å². The summed E-state index contributed by atoms with van der Waals surface area (Å²) in [7, 11) is 1.31. The molecule has 2 aromatic heterocycles. The van der Waals surface area contributed by atoms with Crippen LogP contribution < -0.4 is 10.5 Å². The van der Waals surface area contributed by atoms with Crippen molar-refractivity contribution in [3.8, 4) is 11.7 Å². The molecular formula is C10H8ClF3N4O. The monoisotopic (exact) mass is 292 g/mol. The van der Waals surface area contributed by atoms with Gasteiger partial charge in [0.15, 0.2) is 11.5 Å². The van der Waals surface area contributed by atoms with Gasteiger partial charge in [0.05, 0.1) is 19.0 Å². The minimum absolute atomic E-state index is 0.00126. The van der Waals surface area contributed by atoms with E-state index in [0.29, 0.717) is 4.68 Å². The number of nitrogens with zero attached hydrogens (tertiary/aromatic N) is 3. The molecule has 0 atom stereocenters. The minimum Gasteiger partial charge on any atom is -0.480 e. The van der Waals surface area contributed by atoms with E-state index < -0.39 is 17.6 Å². The van der Waals surface area contributed by atoms with Gasteiger partial charge in [-0.2, -0.15) is 23.3 Å². The lowest BCUT2D eigenvalue weighted by Crippen LogP contribution is -2.16. The number of rotatable bonds is 2. The first-order valence-electron chi connectivity index (χ1n) is 4.96. The number of ether oxygens (including phenoxy) is 1. The van der Waals surface area contributed by atoms with Crippen molar-refractivity contribution in [2.75, 3.05) is 12.8 Å². The predicted molar refractivity (Wildman–Crippen MR) is 62.3 cm³/mol. The van der Waals surface area contributed by atoms with E-state index in [9.17, 15) is 13.2 Å². The molecule has 102 valence electrons. The van der Waals surface area contributed by atoms with E-state index in [2.05, 4.69) is 10.1 Å². The Morgan fingerprint density at radius 1 is 1.37 bits per heavy atom. The van der Waals surface area contributed by atoms with Gasteiger partial charge >= 0.3 is 6.18 Å². The summed E-state index contributed by atoms with van der Waals surface area (Å²) in [4.78, 5) is 3.84. The van der Waals surface area contributed by atoms with Gasteiger partial charge in [-0.25, -0.2) is 4.68 Å². The van der Waals surface area contributed by atoms with Crippen LogP contribution in [0, 0.1) is 0 Å². The number of aromatic nitrogens is 3. The van der Waals surface area contributed by atoms with Gasteiger partial charge in [0.25, 0.3) is 0 Å². The van der Waals surface area contributed by atoms with Gasteiger partial charge in [-0.3, -0.25) is 0 Å². The maximum absolute atomic E-state index is 12.9. The summed E-state index contributed by atoms with van der Waals surface area (Å²) >= 11 is 5.75. The summed E-state index contributed by atoms with van der Waals surface area (Å²) in [5.41, 5.74) is 3.70. The number of hydrogen-bond acceptors (Lipinski definition) is 4. The van der Waals surface area contributed by atoms with Crippen molar-refractivity contribution in [1.29, 1.82) is 0 Å². The fourth-order valence-electron chi connectivity index (χ4n) is 1.49. The second-order valence-electron chi connectivity index (χ2n) is 3.52. The van der Waals surface area contributed by atoms with E-state index in [4.69, 9.17) is 22.1 Å². The van der Waals surface area contributed by atoms with Crippen molar-refractivity contribution < 1.29 is 17.9 Å². The molecule has 5 nitrogen and oxygen atoms in total. The highest BCUT2D eigenvalue weighted by Gasteiger charge is 2.38. The van der Waals surface area contributed by atoms with Crippen molar-refractivity contribution in [1.82, 2.24) is 14.8 Å². The maximum atomic E-state index is 12.9. The minimum atomic E-state index is -4.64. The van der Waals surface area contributed by atoms with E-state index >= 15 is 0 Å². The first kappa shape index (κ1) is 13.5. The summed E-state index contributed by atoms with van der Waals surface area (Å²) in [6.07, 6.45) is -3.74.